The first-order valence-corrected chi connectivity index (χ1v) is 8.46. The average Bonchev–Trinajstić information content (AvgIpc) is 2.56. The van der Waals surface area contributed by atoms with E-state index < -0.39 is 6.04 Å². The molecule has 122 valence electrons. The molecule has 1 saturated carbocycles. The first kappa shape index (κ1) is 16.1. The molecule has 5 heteroatoms. The fourth-order valence-corrected chi connectivity index (χ4v) is 3.53. The van der Waals surface area contributed by atoms with E-state index in [9.17, 15) is 4.79 Å². The molecule has 1 aromatic carbocycles. The molecule has 0 saturated heterocycles. The Kier molecular flexibility index (Phi) is 4.74. The molecule has 2 aliphatic rings. The van der Waals surface area contributed by atoms with Gasteiger partial charge in [0, 0.05) is 17.5 Å². The molecular weight excluding hydrogens is 310 g/mol. The Morgan fingerprint density at radius 2 is 2.09 bits per heavy atom. The third-order valence-corrected chi connectivity index (χ3v) is 5.02. The smallest absolute Gasteiger partial charge is 0.241 e. The Morgan fingerprint density at radius 1 is 1.35 bits per heavy atom. The fraction of sp³-hybridized carbons (Fsp3) is 0.389. The van der Waals surface area contributed by atoms with E-state index in [1.54, 1.807) is 0 Å². The molecule has 3 rings (SSSR count). The van der Waals surface area contributed by atoms with Crippen LogP contribution in [-0.2, 0) is 4.79 Å². The van der Waals surface area contributed by atoms with Crippen molar-refractivity contribution >= 4 is 35.0 Å². The second-order valence-electron chi connectivity index (χ2n) is 6.29. The third-order valence-electron chi connectivity index (χ3n) is 4.70. The van der Waals surface area contributed by atoms with Crippen LogP contribution in [0.25, 0.3) is 11.8 Å². The lowest BCUT2D eigenvalue weighted by molar-refractivity contribution is -0.118. The Labute approximate surface area is 141 Å². The number of amides is 1. The van der Waals surface area contributed by atoms with Crippen LogP contribution in [0.4, 0.5) is 5.69 Å². The van der Waals surface area contributed by atoms with Gasteiger partial charge in [-0.2, -0.15) is 0 Å². The highest BCUT2D eigenvalue weighted by Gasteiger charge is 2.26. The number of nitrogens with two attached hydrogens (primary N) is 1. The summed E-state index contributed by atoms with van der Waals surface area (Å²) in [5.74, 6) is 0.111. The maximum Gasteiger partial charge on any atom is 0.241 e. The summed E-state index contributed by atoms with van der Waals surface area (Å²) in [6, 6.07) is 3.21. The zero-order valence-corrected chi connectivity index (χ0v) is 13.8. The number of carbonyl (C=O) groups is 1. The molecule has 1 fully saturated rings. The molecule has 1 heterocycles. The lowest BCUT2D eigenvalue weighted by atomic mass is 9.84. The maximum absolute atomic E-state index is 12.5. The molecule has 4 N–H and O–H groups in total. The first-order chi connectivity index (χ1) is 11.1. The second kappa shape index (κ2) is 6.77. The summed E-state index contributed by atoms with van der Waals surface area (Å²) < 4.78 is 0. The number of fused-ring (bicyclic) bond motifs is 1. The predicted molar refractivity (Wildman–Crippen MR) is 95.8 cm³/mol. The maximum atomic E-state index is 12.5. The number of benzene rings is 1. The standard InChI is InChI=1S/C18H22ClN3O/c1-11-14-10-15(19)16(9-13(14)7-8-21-11)22-18(23)17(20)12-5-3-2-4-6-12/h7-10,12,17,21H,1-6,20H2,(H,22,23)/t17-/m1/s1. The van der Waals surface area contributed by atoms with Gasteiger partial charge < -0.3 is 16.4 Å². The number of rotatable bonds is 3. The molecule has 1 aliphatic heterocycles. The molecule has 0 bridgehead atoms. The van der Waals surface area contributed by atoms with E-state index in [1.807, 2.05) is 24.4 Å². The molecule has 4 nitrogen and oxygen atoms in total. The number of hydrogen-bond acceptors (Lipinski definition) is 3. The van der Waals surface area contributed by atoms with Crippen LogP contribution in [0.1, 0.15) is 43.2 Å². The van der Waals surface area contributed by atoms with Crippen molar-refractivity contribution in [2.24, 2.45) is 11.7 Å². The van der Waals surface area contributed by atoms with E-state index in [4.69, 9.17) is 17.3 Å². The Hall–Kier alpha value is -1.78. The molecule has 1 aromatic rings. The summed E-state index contributed by atoms with van der Waals surface area (Å²) in [6.45, 7) is 3.95. The minimum absolute atomic E-state index is 0.157. The second-order valence-corrected chi connectivity index (χ2v) is 6.70. The number of hydrogen-bond donors (Lipinski definition) is 3. The van der Waals surface area contributed by atoms with E-state index in [2.05, 4.69) is 17.2 Å². The van der Waals surface area contributed by atoms with Crippen LogP contribution in [0.3, 0.4) is 0 Å². The first-order valence-electron chi connectivity index (χ1n) is 8.08. The molecule has 0 spiro atoms. The van der Waals surface area contributed by atoms with Crippen LogP contribution < -0.4 is 16.4 Å². The van der Waals surface area contributed by atoms with Gasteiger partial charge in [0.2, 0.25) is 5.91 Å². The van der Waals surface area contributed by atoms with Gasteiger partial charge in [-0.15, -0.1) is 0 Å². The highest BCUT2D eigenvalue weighted by Crippen LogP contribution is 2.32. The van der Waals surface area contributed by atoms with Gasteiger partial charge in [-0.05, 0) is 42.5 Å². The molecular formula is C18H22ClN3O. The summed E-state index contributed by atoms with van der Waals surface area (Å²) in [5, 5.41) is 6.43. The topological polar surface area (TPSA) is 67.1 Å². The summed E-state index contributed by atoms with van der Waals surface area (Å²) in [6.07, 6.45) is 9.36. The zero-order chi connectivity index (χ0) is 16.4. The zero-order valence-electron chi connectivity index (χ0n) is 13.1. The van der Waals surface area contributed by atoms with E-state index in [0.29, 0.717) is 10.7 Å². The largest absolute Gasteiger partial charge is 0.362 e. The van der Waals surface area contributed by atoms with Crippen molar-refractivity contribution in [1.82, 2.24) is 5.32 Å². The van der Waals surface area contributed by atoms with Gasteiger partial charge in [0.1, 0.15) is 0 Å². The van der Waals surface area contributed by atoms with Crippen LogP contribution in [0.2, 0.25) is 5.02 Å². The van der Waals surface area contributed by atoms with E-state index in [1.165, 1.54) is 6.42 Å². The summed E-state index contributed by atoms with van der Waals surface area (Å²) in [5.41, 5.74) is 9.46. The van der Waals surface area contributed by atoms with Gasteiger partial charge in [0.05, 0.1) is 16.8 Å². The van der Waals surface area contributed by atoms with E-state index in [-0.39, 0.29) is 11.8 Å². The van der Waals surface area contributed by atoms with Crippen LogP contribution in [0.5, 0.6) is 0 Å². The van der Waals surface area contributed by atoms with Gasteiger partial charge in [-0.1, -0.05) is 37.4 Å². The minimum atomic E-state index is -0.477. The van der Waals surface area contributed by atoms with Crippen LogP contribution in [0, 0.1) is 5.92 Å². The van der Waals surface area contributed by atoms with Crippen LogP contribution in [0.15, 0.2) is 24.9 Å². The van der Waals surface area contributed by atoms with Gasteiger partial charge in [-0.25, -0.2) is 0 Å². The Bertz CT molecular complexity index is 662. The third kappa shape index (κ3) is 3.43. The fourth-order valence-electron chi connectivity index (χ4n) is 3.32. The number of halogens is 1. The van der Waals surface area contributed by atoms with E-state index >= 15 is 0 Å². The van der Waals surface area contributed by atoms with Crippen molar-refractivity contribution in [3.8, 4) is 0 Å². The van der Waals surface area contributed by atoms with Gasteiger partial charge in [0.25, 0.3) is 0 Å². The van der Waals surface area contributed by atoms with E-state index in [0.717, 1.165) is 42.5 Å². The molecule has 1 atom stereocenters. The molecule has 1 aliphatic carbocycles. The van der Waals surface area contributed by atoms with Gasteiger partial charge in [0.15, 0.2) is 0 Å². The number of carbonyl (C=O) groups excluding carboxylic acids is 1. The highest BCUT2D eigenvalue weighted by atomic mass is 35.5. The van der Waals surface area contributed by atoms with Crippen LogP contribution in [-0.4, -0.2) is 11.9 Å². The Morgan fingerprint density at radius 3 is 2.83 bits per heavy atom. The number of anilines is 1. The SMILES string of the molecule is C=C1NC=Cc2cc(NC(=O)[C@H](N)C3CCCCC3)c(Cl)cc21. The minimum Gasteiger partial charge on any atom is -0.362 e. The summed E-state index contributed by atoms with van der Waals surface area (Å²) in [7, 11) is 0. The normalized spacial score (nSPS) is 19.0. The molecule has 0 aromatic heterocycles. The van der Waals surface area contributed by atoms with Crippen molar-refractivity contribution in [2.45, 2.75) is 38.1 Å². The quantitative estimate of drug-likeness (QED) is 0.790. The molecule has 1 amide bonds. The predicted octanol–water partition coefficient (Wildman–Crippen LogP) is 3.73. The van der Waals surface area contributed by atoms with Gasteiger partial charge in [-0.3, -0.25) is 4.79 Å². The molecule has 23 heavy (non-hydrogen) atoms. The monoisotopic (exact) mass is 331 g/mol. The van der Waals surface area contributed by atoms with Crippen molar-refractivity contribution in [3.63, 3.8) is 0 Å². The summed E-state index contributed by atoms with van der Waals surface area (Å²) in [4.78, 5) is 12.5. The lowest BCUT2D eigenvalue weighted by Crippen LogP contribution is -2.42. The Balaban J connectivity index is 1.76. The van der Waals surface area contributed by atoms with Crippen molar-refractivity contribution < 1.29 is 4.79 Å². The van der Waals surface area contributed by atoms with Crippen molar-refractivity contribution in [2.75, 3.05) is 5.32 Å². The highest BCUT2D eigenvalue weighted by molar-refractivity contribution is 6.34. The molecule has 0 radical (unpaired) electrons. The van der Waals surface area contributed by atoms with Gasteiger partial charge >= 0.3 is 0 Å². The van der Waals surface area contributed by atoms with Crippen LogP contribution >= 0.6 is 11.6 Å². The van der Waals surface area contributed by atoms with Crippen molar-refractivity contribution in [3.05, 3.63) is 41.1 Å². The molecule has 0 unspecified atom stereocenters. The lowest BCUT2D eigenvalue weighted by Gasteiger charge is -2.27. The average molecular weight is 332 g/mol. The number of nitrogens with one attached hydrogen (secondary N) is 2. The summed E-state index contributed by atoms with van der Waals surface area (Å²) >= 11 is 6.31. The van der Waals surface area contributed by atoms with Crippen molar-refractivity contribution in [1.29, 1.82) is 0 Å².